The quantitative estimate of drug-likeness (QED) is 0.818. The molecule has 0 aliphatic rings. The minimum Gasteiger partial charge on any atom is -0.324 e. The largest absolute Gasteiger partial charge is 0.324 e. The molecule has 0 radical (unpaired) electrons. The van der Waals surface area contributed by atoms with Gasteiger partial charge in [-0.2, -0.15) is 5.26 Å². The zero-order chi connectivity index (χ0) is 19.3. The van der Waals surface area contributed by atoms with E-state index in [0.717, 1.165) is 16.1 Å². The summed E-state index contributed by atoms with van der Waals surface area (Å²) >= 11 is 5.85. The minimum atomic E-state index is -3.69. The SMILES string of the molecule is C[C@@H](C(=O)Nc1ccc(CC#N)cc1)N(c1ccc(Cl)cc1)S(C)(=O)=O. The maximum Gasteiger partial charge on any atom is 0.247 e. The smallest absolute Gasteiger partial charge is 0.247 e. The van der Waals surface area contributed by atoms with Crippen LogP contribution in [0, 0.1) is 11.3 Å². The van der Waals surface area contributed by atoms with Gasteiger partial charge in [-0.3, -0.25) is 9.10 Å². The molecule has 2 rings (SSSR count). The molecule has 0 heterocycles. The lowest BCUT2D eigenvalue weighted by Crippen LogP contribution is -2.45. The van der Waals surface area contributed by atoms with Crippen molar-refractivity contribution in [2.45, 2.75) is 19.4 Å². The van der Waals surface area contributed by atoms with E-state index in [1.54, 1.807) is 48.5 Å². The Hall–Kier alpha value is -2.56. The normalized spacial score (nSPS) is 12.1. The number of hydrogen-bond donors (Lipinski definition) is 1. The summed E-state index contributed by atoms with van der Waals surface area (Å²) in [5.74, 6) is -0.474. The molecule has 0 aliphatic heterocycles. The molecule has 136 valence electrons. The van der Waals surface area contributed by atoms with E-state index in [-0.39, 0.29) is 6.42 Å². The van der Waals surface area contributed by atoms with Gasteiger partial charge in [-0.25, -0.2) is 8.42 Å². The molecule has 1 atom stereocenters. The maximum absolute atomic E-state index is 12.6. The van der Waals surface area contributed by atoms with Crippen LogP contribution in [0.1, 0.15) is 12.5 Å². The zero-order valence-corrected chi connectivity index (χ0v) is 15.9. The summed E-state index contributed by atoms with van der Waals surface area (Å²) in [7, 11) is -3.69. The Balaban J connectivity index is 2.22. The number of nitrogens with zero attached hydrogens (tertiary/aromatic N) is 2. The third-order valence-corrected chi connectivity index (χ3v) is 5.17. The van der Waals surface area contributed by atoms with Crippen molar-refractivity contribution in [2.75, 3.05) is 15.9 Å². The van der Waals surface area contributed by atoms with Gasteiger partial charge < -0.3 is 5.32 Å². The molecule has 0 bridgehead atoms. The molecule has 0 unspecified atom stereocenters. The van der Waals surface area contributed by atoms with Crippen molar-refractivity contribution in [2.24, 2.45) is 0 Å². The Morgan fingerprint density at radius 3 is 2.27 bits per heavy atom. The number of carbonyl (C=O) groups is 1. The average Bonchev–Trinajstić information content (AvgIpc) is 2.57. The van der Waals surface area contributed by atoms with Crippen LogP contribution in [-0.4, -0.2) is 26.6 Å². The van der Waals surface area contributed by atoms with Crippen LogP contribution < -0.4 is 9.62 Å². The van der Waals surface area contributed by atoms with E-state index in [2.05, 4.69) is 5.32 Å². The van der Waals surface area contributed by atoms with E-state index < -0.39 is 22.0 Å². The summed E-state index contributed by atoms with van der Waals surface area (Å²) in [6.45, 7) is 1.51. The van der Waals surface area contributed by atoms with Crippen LogP contribution in [0.25, 0.3) is 0 Å². The van der Waals surface area contributed by atoms with Crippen molar-refractivity contribution in [3.63, 3.8) is 0 Å². The van der Waals surface area contributed by atoms with Crippen molar-refractivity contribution in [1.82, 2.24) is 0 Å². The number of sulfonamides is 1. The highest BCUT2D eigenvalue weighted by Gasteiger charge is 2.29. The molecule has 0 saturated heterocycles. The second kappa shape index (κ2) is 8.21. The Morgan fingerprint density at radius 1 is 1.19 bits per heavy atom. The molecule has 0 fully saturated rings. The van der Waals surface area contributed by atoms with Gasteiger partial charge in [0.05, 0.1) is 24.4 Å². The van der Waals surface area contributed by atoms with Crippen LogP contribution in [-0.2, 0) is 21.2 Å². The van der Waals surface area contributed by atoms with Gasteiger partial charge in [-0.1, -0.05) is 23.7 Å². The molecule has 0 aromatic heterocycles. The van der Waals surface area contributed by atoms with Gasteiger partial charge in [0.2, 0.25) is 15.9 Å². The summed E-state index contributed by atoms with van der Waals surface area (Å²) in [4.78, 5) is 12.6. The third kappa shape index (κ3) is 4.97. The second-order valence-electron chi connectivity index (χ2n) is 5.73. The number of benzene rings is 2. The van der Waals surface area contributed by atoms with Gasteiger partial charge in [0, 0.05) is 10.7 Å². The Bertz CT molecular complexity index is 920. The first-order valence-corrected chi connectivity index (χ1v) is 9.96. The molecule has 2 aromatic rings. The number of amides is 1. The molecular formula is C18H18ClN3O3S. The lowest BCUT2D eigenvalue weighted by Gasteiger charge is -2.28. The topological polar surface area (TPSA) is 90.3 Å². The Morgan fingerprint density at radius 2 is 1.77 bits per heavy atom. The standard InChI is InChI=1S/C18H18ClN3O3S/c1-13(18(23)21-16-7-3-14(4-8-16)11-12-20)22(26(2,24)25)17-9-5-15(19)6-10-17/h3-10,13H,11H2,1-2H3,(H,21,23)/t13-/m0/s1. The lowest BCUT2D eigenvalue weighted by molar-refractivity contribution is -0.116. The molecule has 1 amide bonds. The molecule has 0 saturated carbocycles. The molecule has 8 heteroatoms. The molecule has 0 spiro atoms. The molecule has 0 aliphatic carbocycles. The van der Waals surface area contributed by atoms with Gasteiger partial charge in [0.15, 0.2) is 0 Å². The predicted octanol–water partition coefficient (Wildman–Crippen LogP) is 3.20. The lowest BCUT2D eigenvalue weighted by atomic mass is 10.1. The summed E-state index contributed by atoms with van der Waals surface area (Å²) in [6.07, 6.45) is 1.32. The van der Waals surface area contributed by atoms with Gasteiger partial charge >= 0.3 is 0 Å². The first kappa shape index (κ1) is 19.8. The van der Waals surface area contributed by atoms with E-state index in [9.17, 15) is 13.2 Å². The van der Waals surface area contributed by atoms with Crippen LogP contribution in [0.3, 0.4) is 0 Å². The Kier molecular flexibility index (Phi) is 6.24. The summed E-state index contributed by atoms with van der Waals surface area (Å²) in [6, 6.07) is 14.1. The number of nitriles is 1. The highest BCUT2D eigenvalue weighted by Crippen LogP contribution is 2.23. The van der Waals surface area contributed by atoms with Crippen LogP contribution in [0.4, 0.5) is 11.4 Å². The number of hydrogen-bond acceptors (Lipinski definition) is 4. The number of nitrogens with one attached hydrogen (secondary N) is 1. The number of halogens is 1. The van der Waals surface area contributed by atoms with Crippen molar-refractivity contribution in [3.05, 3.63) is 59.1 Å². The second-order valence-corrected chi connectivity index (χ2v) is 8.03. The first-order chi connectivity index (χ1) is 12.2. The first-order valence-electron chi connectivity index (χ1n) is 7.74. The summed E-state index contributed by atoms with van der Waals surface area (Å²) in [5.41, 5.74) is 1.70. The highest BCUT2D eigenvalue weighted by atomic mass is 35.5. The van der Waals surface area contributed by atoms with Crippen LogP contribution in [0.15, 0.2) is 48.5 Å². The maximum atomic E-state index is 12.6. The fourth-order valence-electron chi connectivity index (χ4n) is 2.44. The van der Waals surface area contributed by atoms with E-state index in [1.165, 1.54) is 6.92 Å². The summed E-state index contributed by atoms with van der Waals surface area (Å²) < 4.78 is 25.5. The fraction of sp³-hybridized carbons (Fsp3) is 0.222. The zero-order valence-electron chi connectivity index (χ0n) is 14.3. The highest BCUT2D eigenvalue weighted by molar-refractivity contribution is 7.92. The van der Waals surface area contributed by atoms with E-state index in [0.29, 0.717) is 16.4 Å². The van der Waals surface area contributed by atoms with Crippen molar-refractivity contribution in [3.8, 4) is 6.07 Å². The number of anilines is 2. The molecule has 2 aromatic carbocycles. The van der Waals surface area contributed by atoms with Crippen LogP contribution in [0.5, 0.6) is 0 Å². The average molecular weight is 392 g/mol. The molecule has 1 N–H and O–H groups in total. The van der Waals surface area contributed by atoms with Gasteiger partial charge in [0.25, 0.3) is 0 Å². The monoisotopic (exact) mass is 391 g/mol. The van der Waals surface area contributed by atoms with E-state index >= 15 is 0 Å². The molecular weight excluding hydrogens is 374 g/mol. The van der Waals surface area contributed by atoms with E-state index in [1.807, 2.05) is 6.07 Å². The van der Waals surface area contributed by atoms with Crippen molar-refractivity contribution < 1.29 is 13.2 Å². The van der Waals surface area contributed by atoms with E-state index in [4.69, 9.17) is 16.9 Å². The number of rotatable bonds is 6. The van der Waals surface area contributed by atoms with Crippen molar-refractivity contribution >= 4 is 38.9 Å². The van der Waals surface area contributed by atoms with Crippen LogP contribution in [0.2, 0.25) is 5.02 Å². The Labute approximate surface area is 158 Å². The van der Waals surface area contributed by atoms with Gasteiger partial charge in [-0.15, -0.1) is 0 Å². The van der Waals surface area contributed by atoms with Gasteiger partial charge in [0.1, 0.15) is 6.04 Å². The summed E-state index contributed by atoms with van der Waals surface area (Å²) in [5, 5.41) is 11.8. The van der Waals surface area contributed by atoms with Crippen LogP contribution >= 0.6 is 11.6 Å². The minimum absolute atomic E-state index is 0.281. The van der Waals surface area contributed by atoms with Crippen molar-refractivity contribution in [1.29, 1.82) is 5.26 Å². The molecule has 26 heavy (non-hydrogen) atoms. The molecule has 6 nitrogen and oxygen atoms in total. The fourth-order valence-corrected chi connectivity index (χ4v) is 3.74. The third-order valence-electron chi connectivity index (χ3n) is 3.67. The predicted molar refractivity (Wildman–Crippen MR) is 103 cm³/mol. The van der Waals surface area contributed by atoms with Gasteiger partial charge in [-0.05, 0) is 48.9 Å². The number of carbonyl (C=O) groups excluding carboxylic acids is 1.